The summed E-state index contributed by atoms with van der Waals surface area (Å²) in [5.41, 5.74) is 1.16. The summed E-state index contributed by atoms with van der Waals surface area (Å²) in [5.74, 6) is 0.853. The third-order valence-electron chi connectivity index (χ3n) is 3.18. The van der Waals surface area contributed by atoms with E-state index in [2.05, 4.69) is 20.5 Å². The van der Waals surface area contributed by atoms with Gasteiger partial charge in [0.15, 0.2) is 5.15 Å². The van der Waals surface area contributed by atoms with Crippen LogP contribution in [0.1, 0.15) is 6.92 Å². The van der Waals surface area contributed by atoms with Gasteiger partial charge in [-0.15, -0.1) is 10.2 Å². The average molecular weight is 391 g/mol. The molecule has 7 nitrogen and oxygen atoms in total. The molecule has 1 amide bonds. The lowest BCUT2D eigenvalue weighted by Crippen LogP contribution is -2.14. The van der Waals surface area contributed by atoms with Crippen molar-refractivity contribution >= 4 is 35.0 Å². The number of aromatic nitrogens is 3. The number of amides is 1. The maximum atomic E-state index is 12.0. The van der Waals surface area contributed by atoms with E-state index in [4.69, 9.17) is 20.8 Å². The molecule has 3 aromatic rings. The molecule has 0 atom stereocenters. The van der Waals surface area contributed by atoms with Gasteiger partial charge in [-0.05, 0) is 31.2 Å². The molecule has 1 N–H and O–H groups in total. The summed E-state index contributed by atoms with van der Waals surface area (Å²) in [6.07, 6.45) is 1.55. The molecule has 0 saturated carbocycles. The van der Waals surface area contributed by atoms with Crippen LogP contribution in [0, 0.1) is 0 Å². The van der Waals surface area contributed by atoms with E-state index in [0.29, 0.717) is 34.7 Å². The molecule has 0 bridgehead atoms. The van der Waals surface area contributed by atoms with Gasteiger partial charge in [0.2, 0.25) is 5.91 Å². The Labute approximate surface area is 159 Å². The zero-order valence-electron chi connectivity index (χ0n) is 13.8. The quantitative estimate of drug-likeness (QED) is 0.483. The molecule has 0 aliphatic carbocycles. The van der Waals surface area contributed by atoms with Gasteiger partial charge in [0, 0.05) is 6.20 Å². The smallest absolute Gasteiger partial charge is 0.277 e. The van der Waals surface area contributed by atoms with Crippen LogP contribution in [-0.2, 0) is 4.79 Å². The summed E-state index contributed by atoms with van der Waals surface area (Å²) in [6, 6.07) is 10.8. The van der Waals surface area contributed by atoms with Gasteiger partial charge in [0.05, 0.1) is 23.6 Å². The van der Waals surface area contributed by atoms with Crippen molar-refractivity contribution in [2.24, 2.45) is 0 Å². The molecule has 0 radical (unpaired) electrons. The van der Waals surface area contributed by atoms with Gasteiger partial charge in [-0.1, -0.05) is 35.5 Å². The number of para-hydroxylation sites is 1. The molecule has 26 heavy (non-hydrogen) atoms. The first-order chi connectivity index (χ1) is 12.7. The molecule has 0 spiro atoms. The molecule has 1 aromatic carbocycles. The van der Waals surface area contributed by atoms with Crippen LogP contribution in [0.3, 0.4) is 0 Å². The van der Waals surface area contributed by atoms with Gasteiger partial charge in [0.1, 0.15) is 5.75 Å². The highest BCUT2D eigenvalue weighted by molar-refractivity contribution is 7.99. The maximum absolute atomic E-state index is 12.0. The third-order valence-corrected chi connectivity index (χ3v) is 4.30. The van der Waals surface area contributed by atoms with E-state index in [1.54, 1.807) is 18.3 Å². The van der Waals surface area contributed by atoms with Crippen LogP contribution in [-0.4, -0.2) is 33.4 Å². The first-order valence-electron chi connectivity index (χ1n) is 7.76. The number of ether oxygens (including phenoxy) is 1. The van der Waals surface area contributed by atoms with Gasteiger partial charge in [-0.2, -0.15) is 0 Å². The van der Waals surface area contributed by atoms with Crippen molar-refractivity contribution in [1.82, 2.24) is 15.2 Å². The minimum absolute atomic E-state index is 0.0972. The van der Waals surface area contributed by atoms with Gasteiger partial charge in [0.25, 0.3) is 11.1 Å². The third kappa shape index (κ3) is 4.53. The predicted octanol–water partition coefficient (Wildman–Crippen LogP) is 3.91. The number of halogens is 1. The van der Waals surface area contributed by atoms with Crippen molar-refractivity contribution in [2.75, 3.05) is 17.7 Å². The Morgan fingerprint density at radius 2 is 2.12 bits per heavy atom. The van der Waals surface area contributed by atoms with Crippen LogP contribution >= 0.6 is 23.4 Å². The normalized spacial score (nSPS) is 10.5. The van der Waals surface area contributed by atoms with E-state index in [1.807, 2.05) is 31.2 Å². The topological polar surface area (TPSA) is 90.1 Å². The Kier molecular flexibility index (Phi) is 6.08. The Bertz CT molecular complexity index is 903. The standard InChI is InChI=1S/C17H15ClN4O3S/c1-2-24-13-8-4-3-6-11(13)16-21-22-17(25-16)26-10-14(23)20-12-7-5-9-19-15(12)18/h3-9H,2,10H2,1H3,(H,20,23). The number of thioether (sulfide) groups is 1. The van der Waals surface area contributed by atoms with Crippen LogP contribution in [0.4, 0.5) is 5.69 Å². The van der Waals surface area contributed by atoms with E-state index in [-0.39, 0.29) is 16.8 Å². The average Bonchev–Trinajstić information content (AvgIpc) is 3.12. The van der Waals surface area contributed by atoms with E-state index in [0.717, 1.165) is 11.8 Å². The highest BCUT2D eigenvalue weighted by atomic mass is 35.5. The highest BCUT2D eigenvalue weighted by Gasteiger charge is 2.15. The molecule has 3 rings (SSSR count). The predicted molar refractivity (Wildman–Crippen MR) is 99.5 cm³/mol. The summed E-state index contributed by atoms with van der Waals surface area (Å²) in [7, 11) is 0. The first kappa shape index (κ1) is 18.2. The molecule has 0 aliphatic rings. The van der Waals surface area contributed by atoms with Crippen LogP contribution in [0.15, 0.2) is 52.2 Å². The fourth-order valence-corrected chi connectivity index (χ4v) is 2.82. The van der Waals surface area contributed by atoms with E-state index in [9.17, 15) is 4.79 Å². The molecule has 0 saturated heterocycles. The molecule has 134 valence electrons. The lowest BCUT2D eigenvalue weighted by atomic mass is 10.2. The minimum Gasteiger partial charge on any atom is -0.493 e. The Morgan fingerprint density at radius 3 is 2.92 bits per heavy atom. The van der Waals surface area contributed by atoms with Crippen LogP contribution < -0.4 is 10.1 Å². The van der Waals surface area contributed by atoms with Crippen LogP contribution in [0.5, 0.6) is 5.75 Å². The fraction of sp³-hybridized carbons (Fsp3) is 0.176. The first-order valence-corrected chi connectivity index (χ1v) is 9.12. The van der Waals surface area contributed by atoms with Gasteiger partial charge in [-0.3, -0.25) is 4.79 Å². The zero-order chi connectivity index (χ0) is 18.4. The number of nitrogens with zero attached hydrogens (tertiary/aromatic N) is 3. The SMILES string of the molecule is CCOc1ccccc1-c1nnc(SCC(=O)Nc2cccnc2Cl)o1. The monoisotopic (exact) mass is 390 g/mol. The van der Waals surface area contributed by atoms with Crippen molar-refractivity contribution < 1.29 is 13.9 Å². The molecular weight excluding hydrogens is 376 g/mol. The summed E-state index contributed by atoms with van der Waals surface area (Å²) in [4.78, 5) is 15.9. The summed E-state index contributed by atoms with van der Waals surface area (Å²) >= 11 is 7.04. The van der Waals surface area contributed by atoms with Gasteiger partial charge in [-0.25, -0.2) is 4.98 Å². The molecule has 9 heteroatoms. The molecule has 0 unspecified atom stereocenters. The zero-order valence-corrected chi connectivity index (χ0v) is 15.4. The largest absolute Gasteiger partial charge is 0.493 e. The van der Waals surface area contributed by atoms with Crippen LogP contribution in [0.2, 0.25) is 5.15 Å². The van der Waals surface area contributed by atoms with Gasteiger partial charge < -0.3 is 14.5 Å². The van der Waals surface area contributed by atoms with E-state index in [1.165, 1.54) is 0 Å². The Morgan fingerprint density at radius 1 is 1.27 bits per heavy atom. The number of hydrogen-bond donors (Lipinski definition) is 1. The Hall–Kier alpha value is -2.58. The molecule has 2 aromatic heterocycles. The van der Waals surface area contributed by atoms with Crippen LogP contribution in [0.25, 0.3) is 11.5 Å². The molecular formula is C17H15ClN4O3S. The van der Waals surface area contributed by atoms with Crippen molar-refractivity contribution in [3.63, 3.8) is 0 Å². The number of carbonyl (C=O) groups is 1. The summed E-state index contributed by atoms with van der Waals surface area (Å²) in [6.45, 7) is 2.43. The van der Waals surface area contributed by atoms with Crippen molar-refractivity contribution in [3.05, 3.63) is 47.7 Å². The number of benzene rings is 1. The highest BCUT2D eigenvalue weighted by Crippen LogP contribution is 2.30. The summed E-state index contributed by atoms with van der Waals surface area (Å²) in [5, 5.41) is 11.2. The summed E-state index contributed by atoms with van der Waals surface area (Å²) < 4.78 is 11.2. The molecule has 2 heterocycles. The van der Waals surface area contributed by atoms with E-state index < -0.39 is 0 Å². The van der Waals surface area contributed by atoms with Crippen molar-refractivity contribution in [3.8, 4) is 17.2 Å². The lowest BCUT2D eigenvalue weighted by Gasteiger charge is -2.06. The maximum Gasteiger partial charge on any atom is 0.277 e. The minimum atomic E-state index is -0.251. The number of rotatable bonds is 7. The number of hydrogen-bond acceptors (Lipinski definition) is 7. The molecule has 0 fully saturated rings. The number of carbonyl (C=O) groups excluding carboxylic acids is 1. The fourth-order valence-electron chi connectivity index (χ4n) is 2.09. The number of anilines is 1. The number of pyridine rings is 1. The molecule has 0 aliphatic heterocycles. The second-order valence-electron chi connectivity index (χ2n) is 4.98. The van der Waals surface area contributed by atoms with Gasteiger partial charge >= 0.3 is 0 Å². The Balaban J connectivity index is 1.62. The second kappa shape index (κ2) is 8.68. The second-order valence-corrected chi connectivity index (χ2v) is 6.27. The number of nitrogens with one attached hydrogen (secondary N) is 1. The van der Waals surface area contributed by atoms with Crippen molar-refractivity contribution in [1.29, 1.82) is 0 Å². The van der Waals surface area contributed by atoms with Crippen molar-refractivity contribution in [2.45, 2.75) is 12.1 Å². The van der Waals surface area contributed by atoms with E-state index >= 15 is 0 Å². The lowest BCUT2D eigenvalue weighted by molar-refractivity contribution is -0.113.